The summed E-state index contributed by atoms with van der Waals surface area (Å²) in [6.07, 6.45) is 0.717. The van der Waals surface area contributed by atoms with Crippen LogP contribution in [0.1, 0.15) is 17.8 Å². The fourth-order valence-electron chi connectivity index (χ4n) is 0.921. The fourth-order valence-corrected chi connectivity index (χ4v) is 0.921. The predicted octanol–water partition coefficient (Wildman–Crippen LogP) is -0.834. The summed E-state index contributed by atoms with van der Waals surface area (Å²) >= 11 is 0. The zero-order valence-electron chi connectivity index (χ0n) is 8.47. The van der Waals surface area contributed by atoms with Crippen molar-refractivity contribution in [3.05, 3.63) is 11.7 Å². The molecule has 1 unspecified atom stereocenters. The van der Waals surface area contributed by atoms with Gasteiger partial charge < -0.3 is 20.3 Å². The molecule has 3 N–H and O–H groups in total. The summed E-state index contributed by atoms with van der Waals surface area (Å²) in [4.78, 5) is 6.09. The standard InChI is InChI=1S/C8H16N4O2/c1-12(2)4-3-7-10-8(14-11-7)6(9)5-13/h6,13H,3-5,9H2,1-2H3. The molecular formula is C8H16N4O2. The number of hydrogen-bond donors (Lipinski definition) is 2. The van der Waals surface area contributed by atoms with Crippen LogP contribution in [0.3, 0.4) is 0 Å². The first-order valence-electron chi connectivity index (χ1n) is 4.47. The lowest BCUT2D eigenvalue weighted by molar-refractivity contribution is 0.236. The van der Waals surface area contributed by atoms with E-state index in [2.05, 4.69) is 10.1 Å². The van der Waals surface area contributed by atoms with Crippen LogP contribution in [-0.2, 0) is 6.42 Å². The SMILES string of the molecule is CN(C)CCc1noc(C(N)CO)n1. The molecule has 1 heterocycles. The number of rotatable bonds is 5. The molecule has 14 heavy (non-hydrogen) atoms. The molecule has 0 aromatic carbocycles. The number of nitrogens with zero attached hydrogens (tertiary/aromatic N) is 3. The van der Waals surface area contributed by atoms with Gasteiger partial charge in [-0.3, -0.25) is 0 Å². The van der Waals surface area contributed by atoms with E-state index in [4.69, 9.17) is 15.4 Å². The van der Waals surface area contributed by atoms with E-state index in [-0.39, 0.29) is 6.61 Å². The average molecular weight is 200 g/mol. The summed E-state index contributed by atoms with van der Waals surface area (Å²) in [6, 6.07) is -0.574. The van der Waals surface area contributed by atoms with E-state index in [1.165, 1.54) is 0 Å². The Balaban J connectivity index is 2.50. The molecule has 1 atom stereocenters. The molecule has 80 valence electrons. The predicted molar refractivity (Wildman–Crippen MR) is 50.6 cm³/mol. The van der Waals surface area contributed by atoms with Gasteiger partial charge >= 0.3 is 0 Å². The van der Waals surface area contributed by atoms with Crippen LogP contribution in [0.4, 0.5) is 0 Å². The number of aromatic nitrogens is 2. The van der Waals surface area contributed by atoms with Crippen LogP contribution >= 0.6 is 0 Å². The van der Waals surface area contributed by atoms with Crippen molar-refractivity contribution < 1.29 is 9.63 Å². The maximum absolute atomic E-state index is 8.75. The second-order valence-corrected chi connectivity index (χ2v) is 3.39. The molecule has 0 saturated carbocycles. The summed E-state index contributed by atoms with van der Waals surface area (Å²) in [6.45, 7) is 0.669. The number of likely N-dealkylation sites (N-methyl/N-ethyl adjacent to an activating group) is 1. The van der Waals surface area contributed by atoms with Gasteiger partial charge in [0.2, 0.25) is 5.89 Å². The van der Waals surface area contributed by atoms with E-state index in [1.54, 1.807) is 0 Å². The summed E-state index contributed by atoms with van der Waals surface area (Å²) in [5, 5.41) is 12.5. The lowest BCUT2D eigenvalue weighted by Gasteiger charge is -2.05. The second kappa shape index (κ2) is 5.04. The van der Waals surface area contributed by atoms with Gasteiger partial charge in [-0.05, 0) is 14.1 Å². The smallest absolute Gasteiger partial charge is 0.245 e. The Bertz CT molecular complexity index is 274. The van der Waals surface area contributed by atoms with Gasteiger partial charge in [0.25, 0.3) is 0 Å². The molecule has 0 spiro atoms. The first-order valence-corrected chi connectivity index (χ1v) is 4.47. The van der Waals surface area contributed by atoms with Crippen molar-refractivity contribution in [1.82, 2.24) is 15.0 Å². The quantitative estimate of drug-likeness (QED) is 0.644. The Labute approximate surface area is 82.7 Å². The molecule has 0 aliphatic heterocycles. The van der Waals surface area contributed by atoms with E-state index in [1.807, 2.05) is 19.0 Å². The molecule has 6 nitrogen and oxygen atoms in total. The third kappa shape index (κ3) is 3.06. The van der Waals surface area contributed by atoms with Crippen molar-refractivity contribution in [1.29, 1.82) is 0 Å². The average Bonchev–Trinajstić information content (AvgIpc) is 2.62. The minimum atomic E-state index is -0.574. The summed E-state index contributed by atoms with van der Waals surface area (Å²) in [5.41, 5.74) is 5.51. The van der Waals surface area contributed by atoms with Crippen molar-refractivity contribution >= 4 is 0 Å². The Morgan fingerprint density at radius 1 is 1.57 bits per heavy atom. The minimum Gasteiger partial charge on any atom is -0.394 e. The maximum atomic E-state index is 8.75. The largest absolute Gasteiger partial charge is 0.394 e. The van der Waals surface area contributed by atoms with Crippen LogP contribution in [0.25, 0.3) is 0 Å². The number of aliphatic hydroxyl groups excluding tert-OH is 1. The van der Waals surface area contributed by atoms with Gasteiger partial charge in [-0.15, -0.1) is 0 Å². The lowest BCUT2D eigenvalue weighted by Crippen LogP contribution is -2.16. The zero-order chi connectivity index (χ0) is 10.6. The number of nitrogens with two attached hydrogens (primary N) is 1. The highest BCUT2D eigenvalue weighted by Gasteiger charge is 2.13. The van der Waals surface area contributed by atoms with E-state index in [9.17, 15) is 0 Å². The number of hydrogen-bond acceptors (Lipinski definition) is 6. The van der Waals surface area contributed by atoms with Gasteiger partial charge in [-0.1, -0.05) is 5.16 Å². The van der Waals surface area contributed by atoms with E-state index < -0.39 is 6.04 Å². The van der Waals surface area contributed by atoms with Crippen LogP contribution in [0.15, 0.2) is 4.52 Å². The van der Waals surface area contributed by atoms with Gasteiger partial charge in [0.15, 0.2) is 5.82 Å². The van der Waals surface area contributed by atoms with E-state index in [0.717, 1.165) is 6.54 Å². The van der Waals surface area contributed by atoms with Crippen molar-refractivity contribution in [2.75, 3.05) is 27.2 Å². The molecule has 1 aromatic rings. The summed E-state index contributed by atoms with van der Waals surface area (Å²) in [7, 11) is 3.95. The molecule has 0 saturated heterocycles. The summed E-state index contributed by atoms with van der Waals surface area (Å²) < 4.78 is 4.88. The molecule has 0 fully saturated rings. The first kappa shape index (κ1) is 11.1. The third-order valence-electron chi connectivity index (χ3n) is 1.78. The van der Waals surface area contributed by atoms with Crippen LogP contribution < -0.4 is 5.73 Å². The topological polar surface area (TPSA) is 88.4 Å². The number of aliphatic hydroxyl groups is 1. The van der Waals surface area contributed by atoms with Crippen LogP contribution in [0, 0.1) is 0 Å². The van der Waals surface area contributed by atoms with E-state index in [0.29, 0.717) is 18.1 Å². The minimum absolute atomic E-state index is 0.185. The zero-order valence-corrected chi connectivity index (χ0v) is 8.47. The maximum Gasteiger partial charge on any atom is 0.245 e. The van der Waals surface area contributed by atoms with Gasteiger partial charge in [-0.2, -0.15) is 4.98 Å². The molecule has 0 aliphatic carbocycles. The lowest BCUT2D eigenvalue weighted by atomic mass is 10.3. The second-order valence-electron chi connectivity index (χ2n) is 3.39. The van der Waals surface area contributed by atoms with Gasteiger partial charge in [0.05, 0.1) is 6.61 Å². The van der Waals surface area contributed by atoms with Gasteiger partial charge in [-0.25, -0.2) is 0 Å². The Morgan fingerprint density at radius 2 is 2.29 bits per heavy atom. The van der Waals surface area contributed by atoms with Crippen molar-refractivity contribution in [3.8, 4) is 0 Å². The Kier molecular flexibility index (Phi) is 3.99. The van der Waals surface area contributed by atoms with Crippen LogP contribution in [0.5, 0.6) is 0 Å². The highest BCUT2D eigenvalue weighted by molar-refractivity contribution is 4.91. The summed E-state index contributed by atoms with van der Waals surface area (Å²) in [5.74, 6) is 0.916. The van der Waals surface area contributed by atoms with Crippen LogP contribution in [0.2, 0.25) is 0 Å². The first-order chi connectivity index (χ1) is 6.63. The molecule has 0 aliphatic rings. The van der Waals surface area contributed by atoms with Gasteiger partial charge in [0, 0.05) is 13.0 Å². The monoisotopic (exact) mass is 200 g/mol. The van der Waals surface area contributed by atoms with Crippen LogP contribution in [-0.4, -0.2) is 47.4 Å². The molecule has 0 radical (unpaired) electrons. The normalized spacial score (nSPS) is 13.5. The molecule has 0 amide bonds. The molecular weight excluding hydrogens is 184 g/mol. The molecule has 1 rings (SSSR count). The highest BCUT2D eigenvalue weighted by atomic mass is 16.5. The fraction of sp³-hybridized carbons (Fsp3) is 0.750. The Morgan fingerprint density at radius 3 is 2.86 bits per heavy atom. The molecule has 0 bridgehead atoms. The van der Waals surface area contributed by atoms with Crippen molar-refractivity contribution in [3.63, 3.8) is 0 Å². The van der Waals surface area contributed by atoms with Gasteiger partial charge in [0.1, 0.15) is 6.04 Å². The highest BCUT2D eigenvalue weighted by Crippen LogP contribution is 2.06. The van der Waals surface area contributed by atoms with Crippen molar-refractivity contribution in [2.45, 2.75) is 12.5 Å². The third-order valence-corrected chi connectivity index (χ3v) is 1.78. The molecule has 1 aromatic heterocycles. The molecule has 6 heteroatoms. The van der Waals surface area contributed by atoms with Crippen molar-refractivity contribution in [2.24, 2.45) is 5.73 Å². The van der Waals surface area contributed by atoms with E-state index >= 15 is 0 Å². The Hall–Kier alpha value is -0.980.